The molecule has 0 saturated heterocycles. The second-order valence-corrected chi connectivity index (χ2v) is 5.67. The van der Waals surface area contributed by atoms with E-state index in [-0.39, 0.29) is 13.2 Å². The molecule has 1 heterocycles. The van der Waals surface area contributed by atoms with Crippen molar-refractivity contribution in [2.75, 3.05) is 18.5 Å². The number of halogens is 1. The number of aromatic nitrogens is 2. The number of hydrogen-bond donors (Lipinski definition) is 3. The van der Waals surface area contributed by atoms with Crippen molar-refractivity contribution in [2.24, 2.45) is 0 Å². The quantitative estimate of drug-likeness (QED) is 0.714. The zero-order valence-electron chi connectivity index (χ0n) is 12.5. The first-order chi connectivity index (χ1) is 11.1. The van der Waals surface area contributed by atoms with E-state index in [0.29, 0.717) is 10.9 Å². The van der Waals surface area contributed by atoms with Gasteiger partial charge in [-0.25, -0.2) is 9.18 Å². The number of rotatable bonds is 7. The summed E-state index contributed by atoms with van der Waals surface area (Å²) in [5.41, 5.74) is 0. The third-order valence-electron chi connectivity index (χ3n) is 2.73. The number of aryl methyl sites for hydroxylation is 1. The summed E-state index contributed by atoms with van der Waals surface area (Å²) in [5, 5.41) is 23.7. The van der Waals surface area contributed by atoms with Crippen molar-refractivity contribution < 1.29 is 19.0 Å². The van der Waals surface area contributed by atoms with E-state index in [1.807, 2.05) is 6.92 Å². The van der Waals surface area contributed by atoms with E-state index in [0.717, 1.165) is 11.4 Å². The summed E-state index contributed by atoms with van der Waals surface area (Å²) in [6, 6.07) is 5.11. The number of benzene rings is 1. The predicted octanol–water partition coefficient (Wildman–Crippen LogP) is 1.80. The number of hydrogen-bond acceptors (Lipinski definition) is 6. The Morgan fingerprint density at radius 3 is 3.00 bits per heavy atom. The van der Waals surface area contributed by atoms with Gasteiger partial charge in [0.15, 0.2) is 0 Å². The van der Waals surface area contributed by atoms with Gasteiger partial charge in [0, 0.05) is 12.6 Å². The van der Waals surface area contributed by atoms with Crippen molar-refractivity contribution in [2.45, 2.75) is 19.4 Å². The highest BCUT2D eigenvalue weighted by Crippen LogP contribution is 2.15. The van der Waals surface area contributed by atoms with Crippen LogP contribution in [0.3, 0.4) is 0 Å². The van der Waals surface area contributed by atoms with Crippen LogP contribution in [-0.2, 0) is 6.42 Å². The highest BCUT2D eigenvalue weighted by Gasteiger charge is 2.10. The molecule has 9 heteroatoms. The number of aliphatic hydroxyl groups is 1. The molecule has 124 valence electrons. The number of carbonyl (C=O) groups excluding carboxylic acids is 1. The van der Waals surface area contributed by atoms with Crippen molar-refractivity contribution in [3.05, 3.63) is 35.1 Å². The lowest BCUT2D eigenvalue weighted by Gasteiger charge is -2.13. The van der Waals surface area contributed by atoms with E-state index < -0.39 is 18.0 Å². The highest BCUT2D eigenvalue weighted by molar-refractivity contribution is 7.15. The molecule has 7 nitrogen and oxygen atoms in total. The zero-order chi connectivity index (χ0) is 16.7. The lowest BCUT2D eigenvalue weighted by atomic mass is 10.3. The topological polar surface area (TPSA) is 96.4 Å². The molecule has 23 heavy (non-hydrogen) atoms. The van der Waals surface area contributed by atoms with Crippen molar-refractivity contribution in [1.29, 1.82) is 0 Å². The largest absolute Gasteiger partial charge is 0.491 e. The first kappa shape index (κ1) is 17.1. The third-order valence-corrected chi connectivity index (χ3v) is 3.71. The van der Waals surface area contributed by atoms with E-state index in [1.54, 1.807) is 6.07 Å². The average molecular weight is 340 g/mol. The molecule has 2 amide bonds. The van der Waals surface area contributed by atoms with Crippen molar-refractivity contribution in [1.82, 2.24) is 15.5 Å². The lowest BCUT2D eigenvalue weighted by molar-refractivity contribution is 0.108. The van der Waals surface area contributed by atoms with Crippen LogP contribution >= 0.6 is 11.3 Å². The van der Waals surface area contributed by atoms with Crippen molar-refractivity contribution in [3.8, 4) is 5.75 Å². The van der Waals surface area contributed by atoms with Gasteiger partial charge >= 0.3 is 6.03 Å². The van der Waals surface area contributed by atoms with E-state index in [4.69, 9.17) is 4.74 Å². The highest BCUT2D eigenvalue weighted by atomic mass is 32.1. The van der Waals surface area contributed by atoms with Gasteiger partial charge in [0.05, 0.1) is 0 Å². The van der Waals surface area contributed by atoms with Gasteiger partial charge in [-0.05, 0) is 18.6 Å². The first-order valence-electron chi connectivity index (χ1n) is 7.00. The summed E-state index contributed by atoms with van der Waals surface area (Å²) in [5.74, 6) is -0.104. The number of carbonyl (C=O) groups is 1. The molecule has 0 saturated carbocycles. The van der Waals surface area contributed by atoms with Crippen LogP contribution in [0.4, 0.5) is 14.3 Å². The number of nitrogens with one attached hydrogen (secondary N) is 2. The van der Waals surface area contributed by atoms with Crippen molar-refractivity contribution >= 4 is 22.5 Å². The van der Waals surface area contributed by atoms with Gasteiger partial charge < -0.3 is 15.2 Å². The summed E-state index contributed by atoms with van der Waals surface area (Å²) in [6.07, 6.45) is -0.179. The summed E-state index contributed by atoms with van der Waals surface area (Å²) < 4.78 is 18.2. The number of urea groups is 1. The number of anilines is 1. The van der Waals surface area contributed by atoms with Crippen LogP contribution in [0.15, 0.2) is 24.3 Å². The van der Waals surface area contributed by atoms with Gasteiger partial charge in [-0.1, -0.05) is 24.3 Å². The fraction of sp³-hybridized carbons (Fsp3) is 0.357. The Hall–Kier alpha value is -2.26. The maximum Gasteiger partial charge on any atom is 0.321 e. The number of amides is 2. The lowest BCUT2D eigenvalue weighted by Crippen LogP contribution is -2.37. The maximum atomic E-state index is 13.0. The summed E-state index contributed by atoms with van der Waals surface area (Å²) >= 11 is 1.29. The smallest absolute Gasteiger partial charge is 0.321 e. The number of aliphatic hydroxyl groups excluding tert-OH is 1. The Morgan fingerprint density at radius 2 is 2.30 bits per heavy atom. The molecule has 0 aliphatic rings. The van der Waals surface area contributed by atoms with E-state index in [1.165, 1.54) is 29.5 Å². The minimum atomic E-state index is -0.926. The van der Waals surface area contributed by atoms with Crippen LogP contribution in [0.25, 0.3) is 0 Å². The molecule has 0 unspecified atom stereocenters. The van der Waals surface area contributed by atoms with Crippen LogP contribution in [0, 0.1) is 5.82 Å². The van der Waals surface area contributed by atoms with Gasteiger partial charge in [0.2, 0.25) is 5.13 Å². The Kier molecular flexibility index (Phi) is 6.24. The molecule has 0 aliphatic carbocycles. The predicted molar refractivity (Wildman–Crippen MR) is 84.2 cm³/mol. The average Bonchev–Trinajstić information content (AvgIpc) is 2.98. The Balaban J connectivity index is 1.69. The number of nitrogens with zero attached hydrogens (tertiary/aromatic N) is 2. The molecule has 0 aliphatic heterocycles. The molecule has 1 aromatic heterocycles. The standard InChI is InChI=1S/C14H17FN4O3S/c1-2-12-18-19-14(23-12)17-13(21)16-7-10(20)8-22-11-5-3-4-9(15)6-11/h3-6,10,20H,2,7-8H2,1H3,(H2,16,17,19,21)/t10-/m1/s1. The van der Waals surface area contributed by atoms with Gasteiger partial charge in [-0.2, -0.15) is 0 Å². The summed E-state index contributed by atoms with van der Waals surface area (Å²) in [7, 11) is 0. The van der Waals surface area contributed by atoms with Crippen LogP contribution in [0.5, 0.6) is 5.75 Å². The normalized spacial score (nSPS) is 11.8. The summed E-state index contributed by atoms with van der Waals surface area (Å²) in [6.45, 7) is 1.86. The van der Waals surface area contributed by atoms with Gasteiger partial charge in [-0.15, -0.1) is 10.2 Å². The third kappa shape index (κ3) is 5.80. The molecule has 0 radical (unpaired) electrons. The SMILES string of the molecule is CCc1nnc(NC(=O)NC[C@@H](O)COc2cccc(F)c2)s1. The molecule has 0 spiro atoms. The monoisotopic (exact) mass is 340 g/mol. The van der Waals surface area contributed by atoms with Gasteiger partial charge in [-0.3, -0.25) is 5.32 Å². The molecule has 0 bridgehead atoms. The van der Waals surface area contributed by atoms with Crippen molar-refractivity contribution in [3.63, 3.8) is 0 Å². The van der Waals surface area contributed by atoms with Gasteiger partial charge in [0.25, 0.3) is 0 Å². The second-order valence-electron chi connectivity index (χ2n) is 4.61. The van der Waals surface area contributed by atoms with E-state index >= 15 is 0 Å². The van der Waals surface area contributed by atoms with Gasteiger partial charge in [0.1, 0.15) is 29.3 Å². The maximum absolute atomic E-state index is 13.0. The Morgan fingerprint density at radius 1 is 1.48 bits per heavy atom. The molecular weight excluding hydrogens is 323 g/mol. The van der Waals surface area contributed by atoms with E-state index in [2.05, 4.69) is 20.8 Å². The minimum Gasteiger partial charge on any atom is -0.491 e. The molecule has 1 aromatic carbocycles. The van der Waals surface area contributed by atoms with Crippen LogP contribution in [-0.4, -0.2) is 40.6 Å². The molecule has 0 fully saturated rings. The zero-order valence-corrected chi connectivity index (χ0v) is 13.3. The minimum absolute atomic E-state index is 0.0133. The fourth-order valence-corrected chi connectivity index (χ4v) is 2.28. The summed E-state index contributed by atoms with van der Waals surface area (Å²) in [4.78, 5) is 11.6. The van der Waals surface area contributed by atoms with E-state index in [9.17, 15) is 14.3 Å². The molecule has 2 rings (SSSR count). The van der Waals surface area contributed by atoms with Crippen LogP contribution in [0.1, 0.15) is 11.9 Å². The first-order valence-corrected chi connectivity index (χ1v) is 7.82. The van der Waals surface area contributed by atoms with Crippen LogP contribution < -0.4 is 15.4 Å². The fourth-order valence-electron chi connectivity index (χ4n) is 1.61. The van der Waals surface area contributed by atoms with Crippen LogP contribution in [0.2, 0.25) is 0 Å². The Labute approximate surface area is 136 Å². The molecule has 2 aromatic rings. The number of ether oxygens (including phenoxy) is 1. The Bertz CT molecular complexity index is 652. The molecular formula is C14H17FN4O3S. The molecule has 3 N–H and O–H groups in total. The molecule has 1 atom stereocenters. The second kappa shape index (κ2) is 8.39.